The highest BCUT2D eigenvalue weighted by atomic mass is 32.2. The van der Waals surface area contributed by atoms with Crippen LogP contribution in [0.25, 0.3) is 0 Å². The molecule has 1 rings (SSSR count). The summed E-state index contributed by atoms with van der Waals surface area (Å²) in [5, 5.41) is 3.74. The Morgan fingerprint density at radius 3 is 2.65 bits per heavy atom. The van der Waals surface area contributed by atoms with Gasteiger partial charge in [-0.25, -0.2) is 0 Å². The van der Waals surface area contributed by atoms with Crippen LogP contribution in [0, 0.1) is 11.8 Å². The highest BCUT2D eigenvalue weighted by Gasteiger charge is 2.30. The molecule has 0 bridgehead atoms. The second-order valence-electron chi connectivity index (χ2n) is 6.58. The summed E-state index contributed by atoms with van der Waals surface area (Å²) in [5.41, 5.74) is 0. The lowest BCUT2D eigenvalue weighted by atomic mass is 9.76. The van der Waals surface area contributed by atoms with Gasteiger partial charge in [0, 0.05) is 18.6 Å². The fourth-order valence-corrected chi connectivity index (χ4v) is 4.10. The van der Waals surface area contributed by atoms with E-state index in [1.54, 1.807) is 0 Å². The molecule has 1 saturated carbocycles. The molecule has 0 aromatic heterocycles. The molecule has 1 aliphatic rings. The van der Waals surface area contributed by atoms with Crippen molar-refractivity contribution in [3.63, 3.8) is 0 Å². The van der Waals surface area contributed by atoms with Crippen LogP contribution in [0.2, 0.25) is 0 Å². The van der Waals surface area contributed by atoms with Crippen LogP contribution in [-0.4, -0.2) is 49.1 Å². The first-order valence-electron chi connectivity index (χ1n) is 8.54. The van der Waals surface area contributed by atoms with Gasteiger partial charge in [-0.3, -0.25) is 0 Å². The molecule has 0 aliphatic heterocycles. The minimum absolute atomic E-state index is 0.715. The van der Waals surface area contributed by atoms with Gasteiger partial charge in [-0.15, -0.1) is 0 Å². The fourth-order valence-electron chi connectivity index (χ4n) is 3.52. The van der Waals surface area contributed by atoms with Crippen LogP contribution in [0.1, 0.15) is 52.9 Å². The third-order valence-corrected chi connectivity index (χ3v) is 5.79. The lowest BCUT2D eigenvalue weighted by Gasteiger charge is -2.39. The van der Waals surface area contributed by atoms with Crippen LogP contribution < -0.4 is 5.32 Å². The molecular weight excluding hydrogens is 264 g/mol. The van der Waals surface area contributed by atoms with E-state index in [4.69, 9.17) is 0 Å². The SMILES string of the molecule is CCNC1CCC(CC)CC1CN(C)C(C)CCSC. The van der Waals surface area contributed by atoms with Crippen LogP contribution in [-0.2, 0) is 0 Å². The molecule has 0 heterocycles. The summed E-state index contributed by atoms with van der Waals surface area (Å²) < 4.78 is 0. The van der Waals surface area contributed by atoms with Crippen LogP contribution in [0.5, 0.6) is 0 Å². The minimum Gasteiger partial charge on any atom is -0.314 e. The van der Waals surface area contributed by atoms with Crippen LogP contribution >= 0.6 is 11.8 Å². The number of nitrogens with zero attached hydrogens (tertiary/aromatic N) is 1. The second kappa shape index (κ2) is 10.1. The molecule has 1 aliphatic carbocycles. The number of hydrogen-bond donors (Lipinski definition) is 1. The third-order valence-electron chi connectivity index (χ3n) is 5.15. The zero-order valence-electron chi connectivity index (χ0n) is 14.3. The first-order valence-corrected chi connectivity index (χ1v) is 9.94. The van der Waals surface area contributed by atoms with Crippen molar-refractivity contribution in [1.29, 1.82) is 0 Å². The lowest BCUT2D eigenvalue weighted by Crippen LogP contribution is -2.46. The van der Waals surface area contributed by atoms with Gasteiger partial charge in [-0.1, -0.05) is 20.3 Å². The van der Waals surface area contributed by atoms with Gasteiger partial charge in [0.15, 0.2) is 0 Å². The van der Waals surface area contributed by atoms with Gasteiger partial charge in [0.05, 0.1) is 0 Å². The summed E-state index contributed by atoms with van der Waals surface area (Å²) in [6.45, 7) is 9.37. The molecule has 4 unspecified atom stereocenters. The lowest BCUT2D eigenvalue weighted by molar-refractivity contribution is 0.132. The van der Waals surface area contributed by atoms with Crippen molar-refractivity contribution in [1.82, 2.24) is 10.2 Å². The van der Waals surface area contributed by atoms with Crippen molar-refractivity contribution in [2.24, 2.45) is 11.8 Å². The van der Waals surface area contributed by atoms with Crippen molar-refractivity contribution in [3.05, 3.63) is 0 Å². The molecule has 0 aromatic rings. The summed E-state index contributed by atoms with van der Waals surface area (Å²) in [7, 11) is 2.32. The van der Waals surface area contributed by atoms with E-state index < -0.39 is 0 Å². The highest BCUT2D eigenvalue weighted by molar-refractivity contribution is 7.98. The van der Waals surface area contributed by atoms with Crippen LogP contribution in [0.3, 0.4) is 0 Å². The van der Waals surface area contributed by atoms with Crippen molar-refractivity contribution in [2.75, 3.05) is 32.1 Å². The van der Waals surface area contributed by atoms with Gasteiger partial charge in [0.1, 0.15) is 0 Å². The predicted octanol–water partition coefficient (Wildman–Crippen LogP) is 3.86. The van der Waals surface area contributed by atoms with Gasteiger partial charge in [0.25, 0.3) is 0 Å². The van der Waals surface area contributed by atoms with Gasteiger partial charge in [-0.2, -0.15) is 11.8 Å². The highest BCUT2D eigenvalue weighted by Crippen LogP contribution is 2.32. The zero-order valence-corrected chi connectivity index (χ0v) is 15.1. The van der Waals surface area contributed by atoms with Gasteiger partial charge < -0.3 is 10.2 Å². The van der Waals surface area contributed by atoms with Gasteiger partial charge in [-0.05, 0) is 70.0 Å². The Kier molecular flexibility index (Phi) is 9.23. The molecule has 2 nitrogen and oxygen atoms in total. The maximum absolute atomic E-state index is 3.74. The monoisotopic (exact) mass is 300 g/mol. The predicted molar refractivity (Wildman–Crippen MR) is 93.7 cm³/mol. The van der Waals surface area contributed by atoms with Crippen molar-refractivity contribution >= 4 is 11.8 Å². The van der Waals surface area contributed by atoms with E-state index >= 15 is 0 Å². The molecule has 0 aromatic carbocycles. The van der Waals surface area contributed by atoms with E-state index in [0.717, 1.165) is 24.4 Å². The Labute approximate surface area is 131 Å². The topological polar surface area (TPSA) is 15.3 Å². The number of hydrogen-bond acceptors (Lipinski definition) is 3. The molecule has 1 fully saturated rings. The molecule has 1 N–H and O–H groups in total. The quantitative estimate of drug-likeness (QED) is 0.696. The molecule has 0 spiro atoms. The van der Waals surface area contributed by atoms with Crippen LogP contribution in [0.4, 0.5) is 0 Å². The standard InChI is InChI=1S/C17H36N2S/c1-6-15-8-9-17(18-7-2)16(12-15)13-19(4)14(3)10-11-20-5/h14-18H,6-13H2,1-5H3. The normalized spacial score (nSPS) is 28.8. The summed E-state index contributed by atoms with van der Waals surface area (Å²) in [6, 6.07) is 1.46. The van der Waals surface area contributed by atoms with Crippen molar-refractivity contribution < 1.29 is 0 Å². The third kappa shape index (κ3) is 5.95. The van der Waals surface area contributed by atoms with Gasteiger partial charge >= 0.3 is 0 Å². The molecule has 4 atom stereocenters. The zero-order chi connectivity index (χ0) is 15.0. The summed E-state index contributed by atoms with van der Waals surface area (Å²) in [4.78, 5) is 2.60. The maximum Gasteiger partial charge on any atom is 0.0108 e. The van der Waals surface area contributed by atoms with E-state index in [2.05, 4.69) is 44.3 Å². The summed E-state index contributed by atoms with van der Waals surface area (Å²) in [5.74, 6) is 3.09. The summed E-state index contributed by atoms with van der Waals surface area (Å²) in [6.07, 6.45) is 9.11. The Morgan fingerprint density at radius 2 is 2.05 bits per heavy atom. The van der Waals surface area contributed by atoms with E-state index in [-0.39, 0.29) is 0 Å². The largest absolute Gasteiger partial charge is 0.314 e. The average molecular weight is 301 g/mol. The second-order valence-corrected chi connectivity index (χ2v) is 7.57. The molecule has 0 amide bonds. The number of nitrogens with one attached hydrogen (secondary N) is 1. The summed E-state index contributed by atoms with van der Waals surface area (Å²) >= 11 is 1.97. The smallest absolute Gasteiger partial charge is 0.0108 e. The van der Waals surface area contributed by atoms with E-state index in [0.29, 0.717) is 6.04 Å². The Morgan fingerprint density at radius 1 is 1.30 bits per heavy atom. The maximum atomic E-state index is 3.74. The fraction of sp³-hybridized carbons (Fsp3) is 1.00. The number of rotatable bonds is 9. The molecule has 120 valence electrons. The molecule has 0 saturated heterocycles. The molecular formula is C17H36N2S. The average Bonchev–Trinajstić information content (AvgIpc) is 2.46. The first-order chi connectivity index (χ1) is 9.62. The molecule has 20 heavy (non-hydrogen) atoms. The molecule has 3 heteroatoms. The van der Waals surface area contributed by atoms with Crippen LogP contribution in [0.15, 0.2) is 0 Å². The van der Waals surface area contributed by atoms with E-state index in [1.165, 1.54) is 44.4 Å². The molecule has 0 radical (unpaired) electrons. The first kappa shape index (κ1) is 18.3. The van der Waals surface area contributed by atoms with E-state index in [1.807, 2.05) is 11.8 Å². The van der Waals surface area contributed by atoms with Crippen molar-refractivity contribution in [2.45, 2.75) is 65.0 Å². The Hall–Kier alpha value is 0.270. The minimum atomic E-state index is 0.715. The number of thioether (sulfide) groups is 1. The van der Waals surface area contributed by atoms with E-state index in [9.17, 15) is 0 Å². The Balaban J connectivity index is 2.50. The van der Waals surface area contributed by atoms with Gasteiger partial charge in [0.2, 0.25) is 0 Å². The van der Waals surface area contributed by atoms with Crippen molar-refractivity contribution in [3.8, 4) is 0 Å². The Bertz CT molecular complexity index is 247.